The second-order valence-corrected chi connectivity index (χ2v) is 7.90. The standard InChI is InChI=1S/C24H23N3O4/c1-2-31-24(30)15-7-9-16(10-8-15)27-22(28)13-21(23(27)29)26-12-11-18-17-5-3-4-6-19(17)25-20(18)14-26/h3-10,21,25H,2,11-14H2,1H3. The summed E-state index contributed by atoms with van der Waals surface area (Å²) in [6.45, 7) is 3.38. The quantitative estimate of drug-likeness (QED) is 0.521. The molecule has 31 heavy (non-hydrogen) atoms. The number of benzene rings is 2. The molecule has 1 atom stereocenters. The van der Waals surface area contributed by atoms with Gasteiger partial charge >= 0.3 is 5.97 Å². The second-order valence-electron chi connectivity index (χ2n) is 7.90. The molecule has 0 aliphatic carbocycles. The van der Waals surface area contributed by atoms with E-state index in [9.17, 15) is 14.4 Å². The zero-order valence-electron chi connectivity index (χ0n) is 17.3. The lowest BCUT2D eigenvalue weighted by atomic mass is 10.0. The van der Waals surface area contributed by atoms with Gasteiger partial charge in [0.05, 0.1) is 30.3 Å². The molecular formula is C24H23N3O4. The van der Waals surface area contributed by atoms with Crippen LogP contribution in [-0.4, -0.2) is 46.9 Å². The predicted molar refractivity (Wildman–Crippen MR) is 116 cm³/mol. The fraction of sp³-hybridized carbons (Fsp3) is 0.292. The minimum atomic E-state index is -0.475. The van der Waals surface area contributed by atoms with Crippen molar-refractivity contribution in [2.24, 2.45) is 0 Å². The molecule has 1 fully saturated rings. The first-order chi connectivity index (χ1) is 15.1. The molecule has 0 bridgehead atoms. The number of carbonyl (C=O) groups excluding carboxylic acids is 3. The number of amides is 2. The van der Waals surface area contributed by atoms with Crippen LogP contribution in [0.5, 0.6) is 0 Å². The van der Waals surface area contributed by atoms with Crippen LogP contribution in [0, 0.1) is 0 Å². The maximum Gasteiger partial charge on any atom is 0.338 e. The van der Waals surface area contributed by atoms with E-state index in [1.165, 1.54) is 15.8 Å². The highest BCUT2D eigenvalue weighted by molar-refractivity contribution is 6.22. The molecule has 2 aliphatic heterocycles. The van der Waals surface area contributed by atoms with E-state index in [4.69, 9.17) is 4.74 Å². The number of nitrogens with zero attached hydrogens (tertiary/aromatic N) is 2. The molecule has 7 heteroatoms. The molecule has 2 aliphatic rings. The minimum Gasteiger partial charge on any atom is -0.462 e. The summed E-state index contributed by atoms with van der Waals surface area (Å²) >= 11 is 0. The van der Waals surface area contributed by atoms with Crippen LogP contribution in [0.15, 0.2) is 48.5 Å². The molecule has 158 valence electrons. The highest BCUT2D eigenvalue weighted by Gasteiger charge is 2.43. The number of carbonyl (C=O) groups is 3. The Labute approximate surface area is 179 Å². The Balaban J connectivity index is 1.35. The summed E-state index contributed by atoms with van der Waals surface area (Å²) in [5.74, 6) is -0.858. The van der Waals surface area contributed by atoms with Crippen molar-refractivity contribution in [1.29, 1.82) is 0 Å². The number of anilines is 1. The number of aromatic nitrogens is 1. The van der Waals surface area contributed by atoms with E-state index in [2.05, 4.69) is 22.0 Å². The molecule has 0 spiro atoms. The van der Waals surface area contributed by atoms with Crippen molar-refractivity contribution in [2.45, 2.75) is 32.4 Å². The highest BCUT2D eigenvalue weighted by atomic mass is 16.5. The Morgan fingerprint density at radius 1 is 1.13 bits per heavy atom. The Kier molecular flexibility index (Phi) is 4.82. The van der Waals surface area contributed by atoms with Crippen LogP contribution < -0.4 is 4.90 Å². The van der Waals surface area contributed by atoms with Crippen LogP contribution in [-0.2, 0) is 27.3 Å². The first-order valence-electron chi connectivity index (χ1n) is 10.5. The van der Waals surface area contributed by atoms with Gasteiger partial charge < -0.3 is 9.72 Å². The van der Waals surface area contributed by atoms with E-state index in [0.29, 0.717) is 24.4 Å². The zero-order valence-corrected chi connectivity index (χ0v) is 17.3. The minimum absolute atomic E-state index is 0.161. The molecule has 3 heterocycles. The molecule has 5 rings (SSSR count). The predicted octanol–water partition coefficient (Wildman–Crippen LogP) is 3.03. The molecule has 0 saturated carbocycles. The molecule has 1 N–H and O–H groups in total. The van der Waals surface area contributed by atoms with E-state index in [1.807, 2.05) is 12.1 Å². The Hall–Kier alpha value is -3.45. The van der Waals surface area contributed by atoms with Crippen molar-refractivity contribution in [3.63, 3.8) is 0 Å². The van der Waals surface area contributed by atoms with Crippen molar-refractivity contribution in [3.05, 3.63) is 65.4 Å². The van der Waals surface area contributed by atoms with Crippen molar-refractivity contribution >= 4 is 34.4 Å². The largest absolute Gasteiger partial charge is 0.462 e. The van der Waals surface area contributed by atoms with Crippen LogP contribution in [0.4, 0.5) is 5.69 Å². The van der Waals surface area contributed by atoms with Crippen LogP contribution in [0.25, 0.3) is 10.9 Å². The Bertz CT molecular complexity index is 1180. The lowest BCUT2D eigenvalue weighted by molar-refractivity contribution is -0.123. The zero-order chi connectivity index (χ0) is 21.5. The normalized spacial score (nSPS) is 19.1. The van der Waals surface area contributed by atoms with Crippen LogP contribution in [0.1, 0.15) is 35.0 Å². The topological polar surface area (TPSA) is 82.7 Å². The molecule has 1 aromatic heterocycles. The molecule has 2 amide bonds. The molecule has 7 nitrogen and oxygen atoms in total. The third-order valence-corrected chi connectivity index (χ3v) is 6.11. The van der Waals surface area contributed by atoms with Gasteiger partial charge in [0.25, 0.3) is 5.91 Å². The van der Waals surface area contributed by atoms with E-state index in [0.717, 1.165) is 24.2 Å². The van der Waals surface area contributed by atoms with E-state index >= 15 is 0 Å². The summed E-state index contributed by atoms with van der Waals surface area (Å²) in [6, 6.07) is 14.2. The first-order valence-corrected chi connectivity index (χ1v) is 10.5. The molecule has 2 aromatic carbocycles. The molecule has 1 unspecified atom stereocenters. The Morgan fingerprint density at radius 3 is 2.68 bits per heavy atom. The second kappa shape index (κ2) is 7.67. The van der Waals surface area contributed by atoms with E-state index in [-0.39, 0.29) is 18.2 Å². The number of rotatable bonds is 4. The number of hydrogen-bond donors (Lipinski definition) is 1. The van der Waals surface area contributed by atoms with Gasteiger partial charge in [0.15, 0.2) is 0 Å². The summed E-state index contributed by atoms with van der Waals surface area (Å²) in [5, 5.41) is 1.23. The number of para-hydroxylation sites is 1. The van der Waals surface area contributed by atoms with Crippen molar-refractivity contribution in [2.75, 3.05) is 18.1 Å². The number of fused-ring (bicyclic) bond motifs is 3. The summed E-state index contributed by atoms with van der Waals surface area (Å²) in [4.78, 5) is 44.6. The maximum absolute atomic E-state index is 13.2. The van der Waals surface area contributed by atoms with Crippen LogP contribution in [0.3, 0.4) is 0 Å². The fourth-order valence-electron chi connectivity index (χ4n) is 4.61. The van der Waals surface area contributed by atoms with E-state index in [1.54, 1.807) is 31.2 Å². The van der Waals surface area contributed by atoms with E-state index < -0.39 is 12.0 Å². The average Bonchev–Trinajstić information content (AvgIpc) is 3.30. The number of ether oxygens (including phenoxy) is 1. The summed E-state index contributed by atoms with van der Waals surface area (Å²) in [5.41, 5.74) is 4.39. The van der Waals surface area contributed by atoms with Crippen molar-refractivity contribution < 1.29 is 19.1 Å². The smallest absolute Gasteiger partial charge is 0.338 e. The fourth-order valence-corrected chi connectivity index (χ4v) is 4.61. The van der Waals surface area contributed by atoms with Crippen molar-refractivity contribution in [3.8, 4) is 0 Å². The van der Waals surface area contributed by atoms with Gasteiger partial charge in [-0.25, -0.2) is 9.69 Å². The third-order valence-electron chi connectivity index (χ3n) is 6.11. The number of imide groups is 1. The SMILES string of the molecule is CCOC(=O)c1ccc(N2C(=O)CC(N3CCc4c([nH]c5ccccc45)C3)C2=O)cc1. The summed E-state index contributed by atoms with van der Waals surface area (Å²) in [6.07, 6.45) is 1.000. The maximum atomic E-state index is 13.2. The van der Waals surface area contributed by atoms with Gasteiger partial charge in [-0.15, -0.1) is 0 Å². The number of aromatic amines is 1. The van der Waals surface area contributed by atoms with Crippen LogP contribution in [0.2, 0.25) is 0 Å². The number of esters is 1. The third kappa shape index (κ3) is 3.31. The summed E-state index contributed by atoms with van der Waals surface area (Å²) < 4.78 is 4.99. The van der Waals surface area contributed by atoms with Gasteiger partial charge in [-0.3, -0.25) is 14.5 Å². The first kappa shape index (κ1) is 19.5. The summed E-state index contributed by atoms with van der Waals surface area (Å²) in [7, 11) is 0. The van der Waals surface area contributed by atoms with Gasteiger partial charge in [0, 0.05) is 29.7 Å². The van der Waals surface area contributed by atoms with Gasteiger partial charge in [-0.2, -0.15) is 0 Å². The lowest BCUT2D eigenvalue weighted by Crippen LogP contribution is -2.44. The molecular weight excluding hydrogens is 394 g/mol. The van der Waals surface area contributed by atoms with Gasteiger partial charge in [0.2, 0.25) is 5.91 Å². The average molecular weight is 417 g/mol. The monoisotopic (exact) mass is 417 g/mol. The number of hydrogen-bond acceptors (Lipinski definition) is 5. The van der Waals surface area contributed by atoms with Crippen LogP contribution >= 0.6 is 0 Å². The number of nitrogens with one attached hydrogen (secondary N) is 1. The molecule has 0 radical (unpaired) electrons. The lowest BCUT2D eigenvalue weighted by Gasteiger charge is -2.30. The van der Waals surface area contributed by atoms with Gasteiger partial charge in [-0.1, -0.05) is 18.2 Å². The van der Waals surface area contributed by atoms with Gasteiger partial charge in [-0.05, 0) is 49.2 Å². The highest BCUT2D eigenvalue weighted by Crippen LogP contribution is 2.32. The Morgan fingerprint density at radius 2 is 1.90 bits per heavy atom. The number of H-pyrrole nitrogens is 1. The van der Waals surface area contributed by atoms with Crippen molar-refractivity contribution in [1.82, 2.24) is 9.88 Å². The molecule has 1 saturated heterocycles. The van der Waals surface area contributed by atoms with Gasteiger partial charge in [0.1, 0.15) is 0 Å². The molecule has 3 aromatic rings.